The fourth-order valence-electron chi connectivity index (χ4n) is 3.13. The average molecular weight is 381 g/mol. The molecule has 0 radical (unpaired) electrons. The van der Waals surface area contributed by atoms with Crippen molar-refractivity contribution in [2.24, 2.45) is 0 Å². The van der Waals surface area contributed by atoms with Crippen LogP contribution in [0.25, 0.3) is 0 Å². The number of allylic oxidation sites excluding steroid dienone is 3. The highest BCUT2D eigenvalue weighted by atomic mass is 19.1. The lowest BCUT2D eigenvalue weighted by molar-refractivity contribution is -0.144. The van der Waals surface area contributed by atoms with Crippen LogP contribution < -0.4 is 10.6 Å². The van der Waals surface area contributed by atoms with Crippen molar-refractivity contribution in [3.63, 3.8) is 0 Å². The molecule has 1 unspecified atom stereocenters. The summed E-state index contributed by atoms with van der Waals surface area (Å²) in [5.41, 5.74) is -0.0130. The number of unbranched alkanes of at least 4 members (excludes halogenated alkanes) is 1. The molecule has 6 nitrogen and oxygen atoms in total. The van der Waals surface area contributed by atoms with Crippen LogP contribution in [-0.4, -0.2) is 42.3 Å². The number of imide groups is 1. The van der Waals surface area contributed by atoms with Crippen LogP contribution in [0.15, 0.2) is 34.6 Å². The van der Waals surface area contributed by atoms with Crippen molar-refractivity contribution in [3.05, 3.63) is 34.6 Å². The number of nitrogens with zero attached hydrogens (tertiary/aromatic N) is 1. The Morgan fingerprint density at radius 3 is 2.67 bits per heavy atom. The molecule has 1 aliphatic heterocycles. The molecule has 2 rings (SSSR count). The van der Waals surface area contributed by atoms with E-state index in [4.69, 9.17) is 0 Å². The lowest BCUT2D eigenvalue weighted by atomic mass is 9.99. The lowest BCUT2D eigenvalue weighted by Crippen LogP contribution is -2.54. The minimum absolute atomic E-state index is 0.0502. The first-order valence-electron chi connectivity index (χ1n) is 9.08. The maximum Gasteiger partial charge on any atom is 0.255 e. The van der Waals surface area contributed by atoms with Crippen LogP contribution in [-0.2, 0) is 14.4 Å². The smallest absolute Gasteiger partial charge is 0.255 e. The minimum Gasteiger partial charge on any atom is -0.389 e. The van der Waals surface area contributed by atoms with Crippen LogP contribution in [0.2, 0.25) is 0 Å². The van der Waals surface area contributed by atoms with E-state index in [1.807, 2.05) is 6.92 Å². The highest BCUT2D eigenvalue weighted by Gasteiger charge is 2.36. The molecule has 1 heterocycles. The molecule has 0 aromatic rings. The maximum absolute atomic E-state index is 14.4. The van der Waals surface area contributed by atoms with Crippen molar-refractivity contribution in [2.75, 3.05) is 13.6 Å². The molecule has 0 bridgehead atoms. The standard InChI is InChI=1S/C19H25F2N3O3/c1-4-5-8-24(16-6-7-17(25)23-18(16)26)19(27)12-9-14(21)15(22-3)10-13(20)11(12)2/h9,16,22H,4-8,10H2,1-3H3,(H,23,25,26). The van der Waals surface area contributed by atoms with Gasteiger partial charge in [-0.15, -0.1) is 0 Å². The summed E-state index contributed by atoms with van der Waals surface area (Å²) < 4.78 is 28.9. The first kappa shape index (κ1) is 20.8. The third-order valence-electron chi connectivity index (χ3n) is 4.83. The van der Waals surface area contributed by atoms with Crippen molar-refractivity contribution < 1.29 is 23.2 Å². The Bertz CT molecular complexity index is 740. The molecular weight excluding hydrogens is 356 g/mol. The number of halogens is 2. The summed E-state index contributed by atoms with van der Waals surface area (Å²) in [6, 6.07) is -0.836. The van der Waals surface area contributed by atoms with Gasteiger partial charge in [0.2, 0.25) is 11.8 Å². The molecule has 0 aromatic heterocycles. The van der Waals surface area contributed by atoms with E-state index in [0.29, 0.717) is 6.42 Å². The van der Waals surface area contributed by atoms with Crippen LogP contribution in [0, 0.1) is 0 Å². The summed E-state index contributed by atoms with van der Waals surface area (Å²) in [6.45, 7) is 3.62. The van der Waals surface area contributed by atoms with Crippen LogP contribution in [0.1, 0.15) is 46.0 Å². The summed E-state index contributed by atoms with van der Waals surface area (Å²) in [6.07, 6.45) is 2.46. The van der Waals surface area contributed by atoms with E-state index >= 15 is 0 Å². The molecule has 1 saturated heterocycles. The van der Waals surface area contributed by atoms with Gasteiger partial charge in [-0.2, -0.15) is 0 Å². The third-order valence-corrected chi connectivity index (χ3v) is 4.83. The molecule has 148 valence electrons. The van der Waals surface area contributed by atoms with Gasteiger partial charge in [-0.05, 0) is 31.4 Å². The molecule has 2 aliphatic rings. The van der Waals surface area contributed by atoms with E-state index in [-0.39, 0.29) is 48.6 Å². The highest BCUT2D eigenvalue weighted by molar-refractivity contribution is 6.05. The van der Waals surface area contributed by atoms with Gasteiger partial charge in [0.1, 0.15) is 17.7 Å². The molecule has 1 atom stereocenters. The molecule has 27 heavy (non-hydrogen) atoms. The fraction of sp³-hybridized carbons (Fsp3) is 0.526. The van der Waals surface area contributed by atoms with Crippen LogP contribution in [0.3, 0.4) is 0 Å². The molecule has 0 saturated carbocycles. The zero-order chi connectivity index (χ0) is 20.1. The summed E-state index contributed by atoms with van der Waals surface area (Å²) in [5, 5.41) is 4.83. The number of nitrogens with one attached hydrogen (secondary N) is 2. The van der Waals surface area contributed by atoms with E-state index in [9.17, 15) is 23.2 Å². The van der Waals surface area contributed by atoms with Gasteiger partial charge < -0.3 is 10.2 Å². The molecule has 8 heteroatoms. The maximum atomic E-state index is 14.4. The second-order valence-corrected chi connectivity index (χ2v) is 6.66. The molecule has 0 spiro atoms. The largest absolute Gasteiger partial charge is 0.389 e. The van der Waals surface area contributed by atoms with E-state index in [0.717, 1.165) is 12.5 Å². The Morgan fingerprint density at radius 1 is 1.37 bits per heavy atom. The Balaban J connectivity index is 2.41. The molecular formula is C19H25F2N3O3. The lowest BCUT2D eigenvalue weighted by Gasteiger charge is -2.33. The summed E-state index contributed by atoms with van der Waals surface area (Å²) in [5.74, 6) is -2.88. The Labute approximate surface area is 157 Å². The zero-order valence-electron chi connectivity index (χ0n) is 15.8. The van der Waals surface area contributed by atoms with Crippen molar-refractivity contribution in [1.82, 2.24) is 15.5 Å². The first-order chi connectivity index (χ1) is 12.8. The van der Waals surface area contributed by atoms with E-state index in [1.54, 1.807) is 0 Å². The summed E-state index contributed by atoms with van der Waals surface area (Å²) in [4.78, 5) is 38.1. The minimum atomic E-state index is -0.836. The molecule has 1 aliphatic carbocycles. The van der Waals surface area contributed by atoms with Crippen molar-refractivity contribution in [1.29, 1.82) is 0 Å². The van der Waals surface area contributed by atoms with Gasteiger partial charge in [-0.1, -0.05) is 13.3 Å². The Morgan fingerprint density at radius 2 is 2.07 bits per heavy atom. The van der Waals surface area contributed by atoms with E-state index < -0.39 is 29.5 Å². The van der Waals surface area contributed by atoms with Gasteiger partial charge in [-0.25, -0.2) is 8.78 Å². The third kappa shape index (κ3) is 4.61. The number of piperidine rings is 1. The fourth-order valence-corrected chi connectivity index (χ4v) is 3.13. The van der Waals surface area contributed by atoms with Crippen molar-refractivity contribution in [3.8, 4) is 0 Å². The van der Waals surface area contributed by atoms with E-state index in [2.05, 4.69) is 10.6 Å². The SMILES string of the molecule is CCCCN(C(=O)C1=CC(F)=C(NC)CC(F)=C1C)C1CCC(=O)NC1=O. The van der Waals surface area contributed by atoms with Crippen LogP contribution in [0.4, 0.5) is 8.78 Å². The number of rotatable bonds is 6. The number of amides is 3. The number of hydrogen-bond acceptors (Lipinski definition) is 4. The van der Waals surface area contributed by atoms with Gasteiger partial charge in [-0.3, -0.25) is 19.7 Å². The average Bonchev–Trinajstić information content (AvgIpc) is 2.74. The van der Waals surface area contributed by atoms with E-state index in [1.165, 1.54) is 18.9 Å². The van der Waals surface area contributed by atoms with Crippen molar-refractivity contribution in [2.45, 2.75) is 52.0 Å². The predicted octanol–water partition coefficient (Wildman–Crippen LogP) is 2.39. The Kier molecular flexibility index (Phi) is 6.87. The molecule has 1 fully saturated rings. The topological polar surface area (TPSA) is 78.5 Å². The van der Waals surface area contributed by atoms with Crippen LogP contribution >= 0.6 is 0 Å². The van der Waals surface area contributed by atoms with Gasteiger partial charge in [0.25, 0.3) is 5.91 Å². The summed E-state index contributed by atoms with van der Waals surface area (Å²) in [7, 11) is 1.48. The highest BCUT2D eigenvalue weighted by Crippen LogP contribution is 2.30. The first-order valence-corrected chi connectivity index (χ1v) is 9.08. The van der Waals surface area contributed by atoms with Crippen LogP contribution in [0.5, 0.6) is 0 Å². The van der Waals surface area contributed by atoms with Gasteiger partial charge in [0.05, 0.1) is 5.70 Å². The number of hydrogen-bond donors (Lipinski definition) is 2. The second-order valence-electron chi connectivity index (χ2n) is 6.66. The van der Waals surface area contributed by atoms with Crippen molar-refractivity contribution >= 4 is 17.7 Å². The quantitative estimate of drug-likeness (QED) is 0.693. The molecule has 0 aromatic carbocycles. The number of carbonyl (C=O) groups excluding carboxylic acids is 3. The summed E-state index contributed by atoms with van der Waals surface area (Å²) >= 11 is 0. The van der Waals surface area contributed by atoms with Gasteiger partial charge in [0, 0.05) is 32.0 Å². The normalized spacial score (nSPS) is 20.9. The van der Waals surface area contributed by atoms with Gasteiger partial charge in [0.15, 0.2) is 0 Å². The van der Waals surface area contributed by atoms with Gasteiger partial charge >= 0.3 is 0 Å². The molecule has 3 amide bonds. The second kappa shape index (κ2) is 8.92. The molecule has 2 N–H and O–H groups in total. The predicted molar refractivity (Wildman–Crippen MR) is 96.5 cm³/mol. The zero-order valence-corrected chi connectivity index (χ0v) is 15.8. The number of carbonyl (C=O) groups is 3. The Hall–Kier alpha value is -2.51. The monoisotopic (exact) mass is 381 g/mol.